The Morgan fingerprint density at radius 2 is 2.47 bits per heavy atom. The van der Waals surface area contributed by atoms with Crippen LogP contribution in [0.3, 0.4) is 0 Å². The standard InChI is InChI=1S/C11H17N3O/c1-14-6-4-9-8(7-14)11(15-13-9)10-3-2-5-12-10/h10,12H,2-7H2,1H3/t10-/m0/s1. The number of nitrogens with zero attached hydrogens (tertiary/aromatic N) is 2. The maximum Gasteiger partial charge on any atom is 0.158 e. The maximum atomic E-state index is 5.51. The molecule has 0 spiro atoms. The van der Waals surface area contributed by atoms with Crippen LogP contribution in [0.2, 0.25) is 0 Å². The first-order valence-electron chi connectivity index (χ1n) is 5.74. The highest BCUT2D eigenvalue weighted by molar-refractivity contribution is 5.28. The third-order valence-corrected chi connectivity index (χ3v) is 3.44. The summed E-state index contributed by atoms with van der Waals surface area (Å²) in [7, 11) is 2.15. The van der Waals surface area contributed by atoms with E-state index in [0.29, 0.717) is 6.04 Å². The summed E-state index contributed by atoms with van der Waals surface area (Å²) in [5.74, 6) is 1.09. The van der Waals surface area contributed by atoms with E-state index in [2.05, 4.69) is 22.4 Å². The highest BCUT2D eigenvalue weighted by Crippen LogP contribution is 2.30. The first-order valence-corrected chi connectivity index (χ1v) is 5.74. The molecule has 0 saturated carbocycles. The molecule has 1 saturated heterocycles. The van der Waals surface area contributed by atoms with Crippen molar-refractivity contribution in [2.75, 3.05) is 20.1 Å². The molecule has 0 radical (unpaired) electrons. The van der Waals surface area contributed by atoms with Gasteiger partial charge in [-0.3, -0.25) is 0 Å². The lowest BCUT2D eigenvalue weighted by atomic mass is 10.0. The number of hydrogen-bond acceptors (Lipinski definition) is 4. The van der Waals surface area contributed by atoms with Crippen LogP contribution in [0.25, 0.3) is 0 Å². The van der Waals surface area contributed by atoms with Gasteiger partial charge in [-0.05, 0) is 26.4 Å². The monoisotopic (exact) mass is 207 g/mol. The Bertz CT molecular complexity index is 355. The predicted octanol–water partition coefficient (Wildman–Crippen LogP) is 1.09. The van der Waals surface area contributed by atoms with Gasteiger partial charge in [0.2, 0.25) is 0 Å². The number of likely N-dealkylation sites (N-methyl/N-ethyl adjacent to an activating group) is 1. The van der Waals surface area contributed by atoms with Crippen LogP contribution in [0, 0.1) is 0 Å². The second kappa shape index (κ2) is 3.61. The predicted molar refractivity (Wildman–Crippen MR) is 56.5 cm³/mol. The van der Waals surface area contributed by atoms with Crippen molar-refractivity contribution in [2.24, 2.45) is 0 Å². The molecular formula is C11H17N3O. The summed E-state index contributed by atoms with van der Waals surface area (Å²) in [4.78, 5) is 2.33. The fourth-order valence-corrected chi connectivity index (χ4v) is 2.55. The van der Waals surface area contributed by atoms with Crippen molar-refractivity contribution in [3.05, 3.63) is 17.0 Å². The van der Waals surface area contributed by atoms with Crippen molar-refractivity contribution in [3.8, 4) is 0 Å². The number of rotatable bonds is 1. The molecular weight excluding hydrogens is 190 g/mol. The first kappa shape index (κ1) is 9.36. The van der Waals surface area contributed by atoms with Gasteiger partial charge in [0, 0.05) is 25.1 Å². The number of fused-ring (bicyclic) bond motifs is 1. The second-order valence-corrected chi connectivity index (χ2v) is 4.61. The summed E-state index contributed by atoms with van der Waals surface area (Å²) in [6, 6.07) is 0.410. The Morgan fingerprint density at radius 3 is 3.27 bits per heavy atom. The molecule has 1 fully saturated rings. The highest BCUT2D eigenvalue weighted by Gasteiger charge is 2.28. The minimum atomic E-state index is 0.410. The van der Waals surface area contributed by atoms with Crippen LogP contribution in [-0.4, -0.2) is 30.2 Å². The molecule has 4 nitrogen and oxygen atoms in total. The summed E-state index contributed by atoms with van der Waals surface area (Å²) in [6.45, 7) is 3.19. The zero-order valence-electron chi connectivity index (χ0n) is 9.12. The Balaban J connectivity index is 1.92. The summed E-state index contributed by atoms with van der Waals surface area (Å²) in [6.07, 6.45) is 3.46. The van der Waals surface area contributed by atoms with Gasteiger partial charge in [-0.2, -0.15) is 0 Å². The van der Waals surface area contributed by atoms with Crippen LogP contribution in [0.4, 0.5) is 0 Å². The van der Waals surface area contributed by atoms with E-state index in [1.807, 2.05) is 0 Å². The van der Waals surface area contributed by atoms with Gasteiger partial charge in [0.1, 0.15) is 0 Å². The van der Waals surface area contributed by atoms with Gasteiger partial charge in [0.15, 0.2) is 5.76 Å². The third-order valence-electron chi connectivity index (χ3n) is 3.44. The minimum absolute atomic E-state index is 0.410. The molecule has 1 N–H and O–H groups in total. The van der Waals surface area contributed by atoms with Crippen molar-refractivity contribution in [2.45, 2.75) is 31.8 Å². The summed E-state index contributed by atoms with van der Waals surface area (Å²) in [5, 5.41) is 7.67. The average molecular weight is 207 g/mol. The van der Waals surface area contributed by atoms with E-state index in [1.165, 1.54) is 24.1 Å². The van der Waals surface area contributed by atoms with Gasteiger partial charge >= 0.3 is 0 Å². The van der Waals surface area contributed by atoms with Gasteiger partial charge in [-0.1, -0.05) is 5.16 Å². The molecule has 0 amide bonds. The van der Waals surface area contributed by atoms with Gasteiger partial charge in [-0.25, -0.2) is 0 Å². The van der Waals surface area contributed by atoms with Crippen LogP contribution < -0.4 is 5.32 Å². The SMILES string of the molecule is CN1CCc2noc([C@@H]3CCCN3)c2C1. The summed E-state index contributed by atoms with van der Waals surface area (Å²) < 4.78 is 5.51. The third kappa shape index (κ3) is 1.58. The largest absolute Gasteiger partial charge is 0.359 e. The average Bonchev–Trinajstić information content (AvgIpc) is 2.83. The first-order chi connectivity index (χ1) is 7.34. The van der Waals surface area contributed by atoms with Crippen molar-refractivity contribution in [3.63, 3.8) is 0 Å². The highest BCUT2D eigenvalue weighted by atomic mass is 16.5. The fraction of sp³-hybridized carbons (Fsp3) is 0.727. The van der Waals surface area contributed by atoms with Crippen LogP contribution >= 0.6 is 0 Å². The topological polar surface area (TPSA) is 41.3 Å². The Labute approximate surface area is 89.6 Å². The zero-order valence-corrected chi connectivity index (χ0v) is 9.12. The number of aromatic nitrogens is 1. The maximum absolute atomic E-state index is 5.51. The van der Waals surface area contributed by atoms with E-state index in [4.69, 9.17) is 4.52 Å². The van der Waals surface area contributed by atoms with E-state index >= 15 is 0 Å². The van der Waals surface area contributed by atoms with Crippen molar-refractivity contribution in [1.82, 2.24) is 15.4 Å². The lowest BCUT2D eigenvalue weighted by Crippen LogP contribution is -2.27. The number of nitrogens with one attached hydrogen (secondary N) is 1. The van der Waals surface area contributed by atoms with Crippen LogP contribution in [0.15, 0.2) is 4.52 Å². The van der Waals surface area contributed by atoms with E-state index in [9.17, 15) is 0 Å². The van der Waals surface area contributed by atoms with E-state index < -0.39 is 0 Å². The molecule has 82 valence electrons. The van der Waals surface area contributed by atoms with E-state index in [0.717, 1.165) is 31.8 Å². The van der Waals surface area contributed by atoms with Crippen LogP contribution in [0.5, 0.6) is 0 Å². The molecule has 0 unspecified atom stereocenters. The summed E-state index contributed by atoms with van der Waals surface area (Å²) in [5.41, 5.74) is 2.51. The van der Waals surface area contributed by atoms with E-state index in [1.54, 1.807) is 0 Å². The molecule has 0 aromatic carbocycles. The lowest BCUT2D eigenvalue weighted by molar-refractivity contribution is 0.309. The lowest BCUT2D eigenvalue weighted by Gasteiger charge is -2.22. The Morgan fingerprint density at radius 1 is 1.53 bits per heavy atom. The summed E-state index contributed by atoms with van der Waals surface area (Å²) >= 11 is 0. The van der Waals surface area contributed by atoms with Gasteiger partial charge in [0.25, 0.3) is 0 Å². The molecule has 1 aromatic heterocycles. The molecule has 4 heteroatoms. The minimum Gasteiger partial charge on any atom is -0.359 e. The fourth-order valence-electron chi connectivity index (χ4n) is 2.55. The molecule has 0 bridgehead atoms. The quantitative estimate of drug-likeness (QED) is 0.748. The van der Waals surface area contributed by atoms with Crippen molar-refractivity contribution in [1.29, 1.82) is 0 Å². The second-order valence-electron chi connectivity index (χ2n) is 4.61. The van der Waals surface area contributed by atoms with E-state index in [-0.39, 0.29) is 0 Å². The molecule has 1 aromatic rings. The molecule has 1 atom stereocenters. The smallest absolute Gasteiger partial charge is 0.158 e. The Hall–Kier alpha value is -0.870. The van der Waals surface area contributed by atoms with Crippen LogP contribution in [0.1, 0.15) is 35.9 Å². The van der Waals surface area contributed by atoms with Gasteiger partial charge in [0.05, 0.1) is 11.7 Å². The van der Waals surface area contributed by atoms with Crippen LogP contribution in [-0.2, 0) is 13.0 Å². The molecule has 2 aliphatic rings. The molecule has 2 aliphatic heterocycles. The van der Waals surface area contributed by atoms with Crippen molar-refractivity contribution >= 4 is 0 Å². The zero-order chi connectivity index (χ0) is 10.3. The normalized spacial score (nSPS) is 26.9. The number of hydrogen-bond donors (Lipinski definition) is 1. The van der Waals surface area contributed by atoms with Crippen molar-refractivity contribution < 1.29 is 4.52 Å². The molecule has 3 heterocycles. The molecule has 0 aliphatic carbocycles. The Kier molecular flexibility index (Phi) is 2.25. The van der Waals surface area contributed by atoms with Gasteiger partial charge in [-0.15, -0.1) is 0 Å². The molecule has 15 heavy (non-hydrogen) atoms. The molecule has 3 rings (SSSR count). The van der Waals surface area contributed by atoms with Gasteiger partial charge < -0.3 is 14.7 Å².